The molecule has 0 bridgehead atoms. The number of aryl methyl sites for hydroxylation is 1. The Labute approximate surface area is 201 Å². The van der Waals surface area contributed by atoms with Crippen molar-refractivity contribution in [3.63, 3.8) is 0 Å². The molecule has 1 fully saturated rings. The zero-order chi connectivity index (χ0) is 20.8. The molecule has 2 aromatic heterocycles. The molecule has 2 N–H and O–H groups in total. The van der Waals surface area contributed by atoms with E-state index in [4.69, 9.17) is 14.1 Å². The molecule has 4 rings (SSSR count). The first-order valence-corrected chi connectivity index (χ1v) is 11.2. The van der Waals surface area contributed by atoms with Crippen LogP contribution < -0.4 is 10.6 Å². The fourth-order valence-electron chi connectivity index (χ4n) is 4.43. The topological polar surface area (TPSA) is 89.5 Å². The molecule has 0 aromatic carbocycles. The molecule has 0 spiro atoms. The average molecular weight is 542 g/mol. The summed E-state index contributed by atoms with van der Waals surface area (Å²) < 4.78 is 12.6. The van der Waals surface area contributed by atoms with Gasteiger partial charge in [-0.05, 0) is 37.3 Å². The molecule has 1 saturated carbocycles. The minimum atomic E-state index is 0. The average Bonchev–Trinajstić information content (AvgIpc) is 3.39. The number of aliphatic imine (C=N–C) groups is 1. The zero-order valence-electron chi connectivity index (χ0n) is 18.5. The van der Waals surface area contributed by atoms with Gasteiger partial charge in [-0.3, -0.25) is 4.99 Å². The second-order valence-electron chi connectivity index (χ2n) is 8.51. The number of methoxy groups -OCH3 is 1. The number of fused-ring (bicyclic) bond motifs is 1. The van der Waals surface area contributed by atoms with Crippen LogP contribution in [-0.4, -0.2) is 46.5 Å². The summed E-state index contributed by atoms with van der Waals surface area (Å²) in [5, 5.41) is 12.0. The van der Waals surface area contributed by atoms with Gasteiger partial charge in [0.2, 0.25) is 0 Å². The van der Waals surface area contributed by atoms with Gasteiger partial charge >= 0.3 is 0 Å². The molecule has 31 heavy (non-hydrogen) atoms. The van der Waals surface area contributed by atoms with E-state index in [2.05, 4.69) is 27.6 Å². The number of furan rings is 1. The molecule has 3 atom stereocenters. The van der Waals surface area contributed by atoms with Crippen LogP contribution in [0, 0.1) is 5.92 Å². The number of nitrogens with one attached hydrogen (secondary N) is 2. The van der Waals surface area contributed by atoms with Crippen LogP contribution in [0.4, 0.5) is 0 Å². The first-order valence-electron chi connectivity index (χ1n) is 11.2. The molecule has 3 unspecified atom stereocenters. The molecular weight excluding hydrogens is 507 g/mol. The molecule has 0 radical (unpaired) electrons. The van der Waals surface area contributed by atoms with Gasteiger partial charge in [0.15, 0.2) is 11.8 Å². The summed E-state index contributed by atoms with van der Waals surface area (Å²) >= 11 is 0. The number of ether oxygens (including phenoxy) is 1. The lowest BCUT2D eigenvalue weighted by Gasteiger charge is -2.32. The quantitative estimate of drug-likeness (QED) is 0.317. The standard InChI is InChI=1S/C22H34N6O2.HI/c1-16-6-3-4-8-19(16)25-22(23-12-11-18-7-5-13-30-18)24-17-9-10-21-26-20(15-29-2)27-28(21)14-17;/h5,7,13,16-17,19H,3-4,6,8-12,14-15H2,1-2H3,(H2,23,24,25);1H. The second-order valence-corrected chi connectivity index (χ2v) is 8.51. The first-order chi connectivity index (χ1) is 14.7. The van der Waals surface area contributed by atoms with Gasteiger partial charge in [-0.25, -0.2) is 9.67 Å². The van der Waals surface area contributed by atoms with Gasteiger partial charge in [-0.2, -0.15) is 5.10 Å². The van der Waals surface area contributed by atoms with Crippen LogP contribution in [-0.2, 0) is 30.7 Å². The van der Waals surface area contributed by atoms with Gasteiger partial charge in [0.05, 0.1) is 12.8 Å². The SMILES string of the molecule is COCc1nc2n(n1)CC(NC(=NCCc1ccco1)NC1CCCCC1C)CC2.I. The van der Waals surface area contributed by atoms with Gasteiger partial charge in [0.25, 0.3) is 0 Å². The number of rotatable bonds is 7. The monoisotopic (exact) mass is 542 g/mol. The van der Waals surface area contributed by atoms with E-state index in [1.807, 2.05) is 16.8 Å². The fourth-order valence-corrected chi connectivity index (χ4v) is 4.43. The Kier molecular flexibility index (Phi) is 9.18. The summed E-state index contributed by atoms with van der Waals surface area (Å²) in [5.74, 6) is 4.35. The summed E-state index contributed by atoms with van der Waals surface area (Å²) in [6.45, 7) is 4.30. The summed E-state index contributed by atoms with van der Waals surface area (Å²) in [7, 11) is 1.67. The van der Waals surface area contributed by atoms with Gasteiger partial charge < -0.3 is 19.8 Å². The van der Waals surface area contributed by atoms with Crippen molar-refractivity contribution >= 4 is 29.9 Å². The van der Waals surface area contributed by atoms with E-state index in [1.54, 1.807) is 13.4 Å². The Hall–Kier alpha value is -1.62. The predicted octanol–water partition coefficient (Wildman–Crippen LogP) is 3.31. The molecule has 1 aliphatic carbocycles. The van der Waals surface area contributed by atoms with Crippen molar-refractivity contribution < 1.29 is 9.15 Å². The van der Waals surface area contributed by atoms with E-state index in [0.717, 1.165) is 49.2 Å². The Morgan fingerprint density at radius 1 is 1.29 bits per heavy atom. The third-order valence-corrected chi connectivity index (χ3v) is 6.16. The minimum absolute atomic E-state index is 0. The molecular formula is C22H35IN6O2. The van der Waals surface area contributed by atoms with Crippen molar-refractivity contribution in [1.82, 2.24) is 25.4 Å². The van der Waals surface area contributed by atoms with E-state index < -0.39 is 0 Å². The summed E-state index contributed by atoms with van der Waals surface area (Å²) in [6, 6.07) is 4.69. The van der Waals surface area contributed by atoms with Crippen molar-refractivity contribution in [1.29, 1.82) is 0 Å². The van der Waals surface area contributed by atoms with Crippen LogP contribution in [0.1, 0.15) is 56.4 Å². The van der Waals surface area contributed by atoms with Crippen molar-refractivity contribution in [3.8, 4) is 0 Å². The Balaban J connectivity index is 0.00000272. The van der Waals surface area contributed by atoms with E-state index >= 15 is 0 Å². The van der Waals surface area contributed by atoms with Gasteiger partial charge in [0.1, 0.15) is 18.2 Å². The highest BCUT2D eigenvalue weighted by Gasteiger charge is 2.25. The Morgan fingerprint density at radius 3 is 2.94 bits per heavy atom. The predicted molar refractivity (Wildman–Crippen MR) is 131 cm³/mol. The highest BCUT2D eigenvalue weighted by Crippen LogP contribution is 2.23. The normalized spacial score (nSPS) is 23.7. The zero-order valence-corrected chi connectivity index (χ0v) is 20.9. The number of hydrogen-bond acceptors (Lipinski definition) is 5. The van der Waals surface area contributed by atoms with Crippen LogP contribution >= 0.6 is 24.0 Å². The fraction of sp³-hybridized carbons (Fsp3) is 0.682. The lowest BCUT2D eigenvalue weighted by Crippen LogP contribution is -2.52. The summed E-state index contributed by atoms with van der Waals surface area (Å²) in [5.41, 5.74) is 0. The van der Waals surface area contributed by atoms with Crippen LogP contribution in [0.15, 0.2) is 27.8 Å². The number of nitrogens with zero attached hydrogens (tertiary/aromatic N) is 4. The van der Waals surface area contributed by atoms with E-state index in [9.17, 15) is 0 Å². The molecule has 8 nitrogen and oxygen atoms in total. The Bertz CT molecular complexity index is 822. The summed E-state index contributed by atoms with van der Waals surface area (Å²) in [4.78, 5) is 9.46. The van der Waals surface area contributed by atoms with E-state index in [-0.39, 0.29) is 30.0 Å². The van der Waals surface area contributed by atoms with Crippen molar-refractivity contribution in [2.75, 3.05) is 13.7 Å². The third-order valence-electron chi connectivity index (χ3n) is 6.16. The smallest absolute Gasteiger partial charge is 0.191 e. The third kappa shape index (κ3) is 6.68. The maximum Gasteiger partial charge on any atom is 0.191 e. The van der Waals surface area contributed by atoms with Crippen LogP contribution in [0.25, 0.3) is 0 Å². The van der Waals surface area contributed by atoms with Crippen LogP contribution in [0.3, 0.4) is 0 Å². The van der Waals surface area contributed by atoms with Crippen molar-refractivity contribution in [3.05, 3.63) is 35.8 Å². The first kappa shape index (κ1) is 24.0. The number of aromatic nitrogens is 3. The van der Waals surface area contributed by atoms with Crippen LogP contribution in [0.2, 0.25) is 0 Å². The van der Waals surface area contributed by atoms with Crippen molar-refractivity contribution in [2.24, 2.45) is 10.9 Å². The molecule has 0 saturated heterocycles. The molecule has 1 aliphatic heterocycles. The maximum atomic E-state index is 5.45. The largest absolute Gasteiger partial charge is 0.469 e. The highest BCUT2D eigenvalue weighted by molar-refractivity contribution is 14.0. The highest BCUT2D eigenvalue weighted by atomic mass is 127. The molecule has 2 aromatic rings. The minimum Gasteiger partial charge on any atom is -0.469 e. The van der Waals surface area contributed by atoms with E-state index in [0.29, 0.717) is 25.1 Å². The Morgan fingerprint density at radius 2 is 2.16 bits per heavy atom. The molecule has 0 amide bonds. The van der Waals surface area contributed by atoms with Gasteiger partial charge in [-0.15, -0.1) is 24.0 Å². The number of hydrogen-bond donors (Lipinski definition) is 2. The molecule has 172 valence electrons. The number of guanidine groups is 1. The summed E-state index contributed by atoms with van der Waals surface area (Å²) in [6.07, 6.45) is 9.56. The lowest BCUT2D eigenvalue weighted by molar-refractivity contribution is 0.177. The number of halogens is 1. The lowest BCUT2D eigenvalue weighted by atomic mass is 9.86. The molecule has 9 heteroatoms. The van der Waals surface area contributed by atoms with Gasteiger partial charge in [-0.1, -0.05) is 19.8 Å². The van der Waals surface area contributed by atoms with Gasteiger partial charge in [0, 0.05) is 38.6 Å². The molecule has 3 heterocycles. The second kappa shape index (κ2) is 11.8. The van der Waals surface area contributed by atoms with E-state index in [1.165, 1.54) is 25.7 Å². The van der Waals surface area contributed by atoms with Crippen molar-refractivity contribution in [2.45, 2.75) is 77.1 Å². The molecule has 2 aliphatic rings. The van der Waals surface area contributed by atoms with Crippen LogP contribution in [0.5, 0.6) is 0 Å². The maximum absolute atomic E-state index is 5.45.